The summed E-state index contributed by atoms with van der Waals surface area (Å²) >= 11 is 1.32. The molecular formula is C21H24N4O4S. The number of aromatic nitrogens is 3. The van der Waals surface area contributed by atoms with Crippen LogP contribution in [0.3, 0.4) is 0 Å². The zero-order valence-corrected chi connectivity index (χ0v) is 18.2. The molecule has 0 atom stereocenters. The molecule has 0 fully saturated rings. The van der Waals surface area contributed by atoms with Crippen LogP contribution in [-0.4, -0.2) is 47.8 Å². The Morgan fingerprint density at radius 2 is 1.80 bits per heavy atom. The average molecular weight is 429 g/mol. The first-order valence-corrected chi connectivity index (χ1v) is 10.3. The standard InChI is InChI=1S/C21H24N4O4S/c1-5-25-20(15-8-6-7-9-17(15)28-3)23-24-21(25)30-13-19(26)22-16-12-14(27-2)10-11-18(16)29-4/h6-12H,5,13H2,1-4H3,(H,22,26). The normalized spacial score (nSPS) is 10.5. The second-order valence-corrected chi connectivity index (χ2v) is 7.10. The van der Waals surface area contributed by atoms with Crippen LogP contribution in [0.25, 0.3) is 11.4 Å². The van der Waals surface area contributed by atoms with E-state index in [2.05, 4.69) is 15.5 Å². The number of methoxy groups -OCH3 is 3. The summed E-state index contributed by atoms with van der Waals surface area (Å²) in [7, 11) is 4.74. The lowest BCUT2D eigenvalue weighted by Gasteiger charge is -2.12. The van der Waals surface area contributed by atoms with Gasteiger partial charge in [0.15, 0.2) is 11.0 Å². The van der Waals surface area contributed by atoms with Gasteiger partial charge in [0.2, 0.25) is 5.91 Å². The van der Waals surface area contributed by atoms with Crippen LogP contribution in [0.4, 0.5) is 5.69 Å². The van der Waals surface area contributed by atoms with Gasteiger partial charge in [-0.3, -0.25) is 4.79 Å². The molecule has 3 rings (SSSR count). The fourth-order valence-corrected chi connectivity index (χ4v) is 3.74. The molecule has 30 heavy (non-hydrogen) atoms. The van der Waals surface area contributed by atoms with E-state index in [0.29, 0.717) is 34.7 Å². The third-order valence-corrected chi connectivity index (χ3v) is 5.36. The van der Waals surface area contributed by atoms with Crippen molar-refractivity contribution in [3.63, 3.8) is 0 Å². The van der Waals surface area contributed by atoms with Crippen molar-refractivity contribution in [2.24, 2.45) is 0 Å². The summed E-state index contributed by atoms with van der Waals surface area (Å²) in [5.74, 6) is 2.60. The SMILES string of the molecule is CCn1c(SCC(=O)Nc2cc(OC)ccc2OC)nnc1-c1ccccc1OC. The fraction of sp³-hybridized carbons (Fsp3) is 0.286. The lowest BCUT2D eigenvalue weighted by Crippen LogP contribution is -2.15. The van der Waals surface area contributed by atoms with Crippen molar-refractivity contribution in [1.29, 1.82) is 0 Å². The lowest BCUT2D eigenvalue weighted by atomic mass is 10.2. The van der Waals surface area contributed by atoms with Crippen LogP contribution in [0.15, 0.2) is 47.6 Å². The molecule has 0 aliphatic rings. The Hall–Kier alpha value is -3.20. The van der Waals surface area contributed by atoms with E-state index in [1.54, 1.807) is 39.5 Å². The Bertz CT molecular complexity index is 1020. The minimum atomic E-state index is -0.184. The Morgan fingerprint density at radius 3 is 2.50 bits per heavy atom. The second-order valence-electron chi connectivity index (χ2n) is 6.15. The summed E-state index contributed by atoms with van der Waals surface area (Å²) in [6.07, 6.45) is 0. The van der Waals surface area contributed by atoms with Crippen molar-refractivity contribution in [2.45, 2.75) is 18.6 Å². The summed E-state index contributed by atoms with van der Waals surface area (Å²) in [6, 6.07) is 12.9. The molecule has 0 saturated heterocycles. The molecule has 0 aliphatic carbocycles. The number of rotatable bonds is 9. The highest BCUT2D eigenvalue weighted by Crippen LogP contribution is 2.32. The molecule has 2 aromatic carbocycles. The van der Waals surface area contributed by atoms with Gasteiger partial charge in [-0.25, -0.2) is 0 Å². The van der Waals surface area contributed by atoms with Crippen LogP contribution >= 0.6 is 11.8 Å². The summed E-state index contributed by atoms with van der Waals surface area (Å²) in [6.45, 7) is 2.67. The summed E-state index contributed by atoms with van der Waals surface area (Å²) in [5, 5.41) is 12.1. The first-order chi connectivity index (χ1) is 14.6. The van der Waals surface area contributed by atoms with Gasteiger partial charge in [0.1, 0.15) is 17.2 Å². The highest BCUT2D eigenvalue weighted by molar-refractivity contribution is 7.99. The Kier molecular flexibility index (Phi) is 7.18. The molecule has 1 aromatic heterocycles. The molecule has 0 radical (unpaired) electrons. The molecule has 1 amide bonds. The number of hydrogen-bond donors (Lipinski definition) is 1. The average Bonchev–Trinajstić information content (AvgIpc) is 3.20. The van der Waals surface area contributed by atoms with E-state index in [-0.39, 0.29) is 11.7 Å². The Labute approximate surface area is 179 Å². The summed E-state index contributed by atoms with van der Waals surface area (Å²) < 4.78 is 17.9. The topological polar surface area (TPSA) is 87.5 Å². The predicted molar refractivity (Wildman–Crippen MR) is 117 cm³/mol. The molecule has 1 heterocycles. The number of hydrogen-bond acceptors (Lipinski definition) is 7. The zero-order valence-electron chi connectivity index (χ0n) is 17.3. The molecule has 8 nitrogen and oxygen atoms in total. The Balaban J connectivity index is 1.74. The van der Waals surface area contributed by atoms with E-state index < -0.39 is 0 Å². The number of para-hydroxylation sites is 1. The molecule has 9 heteroatoms. The first-order valence-electron chi connectivity index (χ1n) is 9.32. The van der Waals surface area contributed by atoms with Gasteiger partial charge in [0.25, 0.3) is 0 Å². The predicted octanol–water partition coefficient (Wildman–Crippen LogP) is 3.72. The van der Waals surface area contributed by atoms with Crippen molar-refractivity contribution in [3.8, 4) is 28.6 Å². The molecular weight excluding hydrogens is 404 g/mol. The molecule has 1 N–H and O–H groups in total. The highest BCUT2D eigenvalue weighted by Gasteiger charge is 2.18. The van der Waals surface area contributed by atoms with Crippen molar-refractivity contribution >= 4 is 23.4 Å². The van der Waals surface area contributed by atoms with Gasteiger partial charge < -0.3 is 24.1 Å². The summed E-state index contributed by atoms with van der Waals surface area (Å²) in [4.78, 5) is 12.5. The maximum absolute atomic E-state index is 12.5. The van der Waals surface area contributed by atoms with Crippen molar-refractivity contribution in [1.82, 2.24) is 14.8 Å². The number of nitrogens with one attached hydrogen (secondary N) is 1. The van der Waals surface area contributed by atoms with Gasteiger partial charge in [-0.2, -0.15) is 0 Å². The van der Waals surface area contributed by atoms with Crippen LogP contribution < -0.4 is 19.5 Å². The van der Waals surface area contributed by atoms with Gasteiger partial charge in [-0.05, 0) is 31.2 Å². The quantitative estimate of drug-likeness (QED) is 0.520. The van der Waals surface area contributed by atoms with Crippen LogP contribution in [0.2, 0.25) is 0 Å². The molecule has 0 unspecified atom stereocenters. The number of anilines is 1. The monoisotopic (exact) mass is 428 g/mol. The minimum Gasteiger partial charge on any atom is -0.497 e. The molecule has 0 saturated carbocycles. The van der Waals surface area contributed by atoms with Gasteiger partial charge in [-0.15, -0.1) is 10.2 Å². The lowest BCUT2D eigenvalue weighted by molar-refractivity contribution is -0.113. The largest absolute Gasteiger partial charge is 0.497 e. The van der Waals surface area contributed by atoms with Crippen molar-refractivity contribution < 1.29 is 19.0 Å². The van der Waals surface area contributed by atoms with Crippen LogP contribution in [0, 0.1) is 0 Å². The second kappa shape index (κ2) is 10.0. The van der Waals surface area contributed by atoms with E-state index in [0.717, 1.165) is 11.3 Å². The fourth-order valence-electron chi connectivity index (χ4n) is 2.94. The van der Waals surface area contributed by atoms with Gasteiger partial charge in [0, 0.05) is 12.6 Å². The van der Waals surface area contributed by atoms with E-state index in [4.69, 9.17) is 14.2 Å². The number of amides is 1. The van der Waals surface area contributed by atoms with E-state index >= 15 is 0 Å². The van der Waals surface area contributed by atoms with E-state index in [1.807, 2.05) is 35.8 Å². The smallest absolute Gasteiger partial charge is 0.234 e. The number of benzene rings is 2. The molecule has 3 aromatic rings. The van der Waals surface area contributed by atoms with E-state index in [1.165, 1.54) is 11.8 Å². The first kappa shape index (κ1) is 21.5. The van der Waals surface area contributed by atoms with Crippen LogP contribution in [0.1, 0.15) is 6.92 Å². The van der Waals surface area contributed by atoms with Crippen molar-refractivity contribution in [3.05, 3.63) is 42.5 Å². The highest BCUT2D eigenvalue weighted by atomic mass is 32.2. The number of thioether (sulfide) groups is 1. The van der Waals surface area contributed by atoms with Crippen LogP contribution in [-0.2, 0) is 11.3 Å². The van der Waals surface area contributed by atoms with Gasteiger partial charge in [0.05, 0.1) is 38.3 Å². The molecule has 0 aliphatic heterocycles. The third kappa shape index (κ3) is 4.68. The summed E-state index contributed by atoms with van der Waals surface area (Å²) in [5.41, 5.74) is 1.40. The van der Waals surface area contributed by atoms with Crippen LogP contribution in [0.5, 0.6) is 17.2 Å². The van der Waals surface area contributed by atoms with Gasteiger partial charge in [-0.1, -0.05) is 23.9 Å². The minimum absolute atomic E-state index is 0.171. The number of nitrogens with zero attached hydrogens (tertiary/aromatic N) is 3. The number of carbonyl (C=O) groups excluding carboxylic acids is 1. The number of carbonyl (C=O) groups is 1. The molecule has 158 valence electrons. The number of ether oxygens (including phenoxy) is 3. The maximum atomic E-state index is 12.5. The Morgan fingerprint density at radius 1 is 1.03 bits per heavy atom. The van der Waals surface area contributed by atoms with Crippen molar-refractivity contribution in [2.75, 3.05) is 32.4 Å². The zero-order chi connectivity index (χ0) is 21.5. The third-order valence-electron chi connectivity index (χ3n) is 4.39. The van der Waals surface area contributed by atoms with Gasteiger partial charge >= 0.3 is 0 Å². The molecule has 0 spiro atoms. The maximum Gasteiger partial charge on any atom is 0.234 e. The van der Waals surface area contributed by atoms with E-state index in [9.17, 15) is 4.79 Å². The molecule has 0 bridgehead atoms.